The highest BCUT2D eigenvalue weighted by atomic mass is 16.7. The molecule has 1 aliphatic heterocycles. The Balaban J connectivity index is 2.29. The van der Waals surface area contributed by atoms with Crippen molar-refractivity contribution in [2.75, 3.05) is 5.32 Å². The number of rotatable bonds is 10. The number of hydrogen-bond acceptors (Lipinski definition) is 9. The number of amides is 2. The van der Waals surface area contributed by atoms with Crippen LogP contribution in [0.4, 0.5) is 5.69 Å². The number of carboxylic acid groups (broad SMARTS) is 1. The molecule has 0 bridgehead atoms. The number of hydrogen-bond donors (Lipinski definition) is 5. The van der Waals surface area contributed by atoms with Crippen LogP contribution in [0.15, 0.2) is 18.2 Å². The first-order valence-electron chi connectivity index (χ1n) is 8.86. The molecule has 0 aromatic heterocycles. The molecule has 1 heterocycles. The zero-order valence-electron chi connectivity index (χ0n) is 15.9. The number of carbonyl (C=O) groups is 4. The van der Waals surface area contributed by atoms with E-state index in [0.717, 1.165) is 0 Å². The minimum absolute atomic E-state index is 0.0454. The molecule has 2 rings (SSSR count). The van der Waals surface area contributed by atoms with E-state index >= 15 is 0 Å². The maximum atomic E-state index is 12.2. The van der Waals surface area contributed by atoms with Crippen LogP contribution in [0.2, 0.25) is 0 Å². The molecule has 0 spiro atoms. The van der Waals surface area contributed by atoms with Gasteiger partial charge in [-0.3, -0.25) is 14.4 Å². The van der Waals surface area contributed by atoms with Crippen molar-refractivity contribution in [1.29, 1.82) is 0 Å². The summed E-state index contributed by atoms with van der Waals surface area (Å²) in [6, 6.07) is 3.45. The van der Waals surface area contributed by atoms with Gasteiger partial charge in [-0.05, 0) is 24.6 Å². The van der Waals surface area contributed by atoms with Gasteiger partial charge in [0, 0.05) is 6.42 Å². The lowest BCUT2D eigenvalue weighted by Gasteiger charge is -2.35. The molecule has 1 aliphatic rings. The van der Waals surface area contributed by atoms with Gasteiger partial charge >= 0.3 is 5.97 Å². The van der Waals surface area contributed by atoms with E-state index < -0.39 is 42.5 Å². The lowest BCUT2D eigenvalue weighted by molar-refractivity contribution is -0.238. The van der Waals surface area contributed by atoms with E-state index in [1.54, 1.807) is 0 Å². The lowest BCUT2D eigenvalue weighted by atomic mass is 10.0. The zero-order valence-corrected chi connectivity index (χ0v) is 15.9. The first-order valence-corrected chi connectivity index (χ1v) is 8.86. The summed E-state index contributed by atoms with van der Waals surface area (Å²) < 4.78 is 15.4. The summed E-state index contributed by atoms with van der Waals surface area (Å²) in [6.07, 6.45) is -5.91. The van der Waals surface area contributed by atoms with Crippen LogP contribution in [-0.2, 0) is 35.3 Å². The first kappa shape index (κ1) is 23.1. The number of ether oxygens (including phenoxy) is 3. The van der Waals surface area contributed by atoms with E-state index in [4.69, 9.17) is 14.6 Å². The van der Waals surface area contributed by atoms with Crippen LogP contribution in [-0.4, -0.2) is 70.7 Å². The predicted octanol–water partition coefficient (Wildman–Crippen LogP) is -1.27. The average molecular weight is 426 g/mol. The Bertz CT molecular complexity index is 786. The summed E-state index contributed by atoms with van der Waals surface area (Å²) in [4.78, 5) is 44.4. The number of anilines is 1. The topological polar surface area (TPSA) is 181 Å². The van der Waals surface area contributed by atoms with Crippen LogP contribution in [0.3, 0.4) is 0 Å². The normalized spacial score (nSPS) is 24.2. The molecule has 1 fully saturated rings. The van der Waals surface area contributed by atoms with Crippen LogP contribution >= 0.6 is 0 Å². The highest BCUT2D eigenvalue weighted by molar-refractivity contribution is 5.96. The van der Waals surface area contributed by atoms with Crippen molar-refractivity contribution in [1.82, 2.24) is 5.32 Å². The van der Waals surface area contributed by atoms with E-state index in [0.29, 0.717) is 12.0 Å². The largest absolute Gasteiger partial charge is 0.479 e. The van der Waals surface area contributed by atoms with Crippen LogP contribution in [0.5, 0.6) is 5.75 Å². The van der Waals surface area contributed by atoms with Crippen molar-refractivity contribution in [3.05, 3.63) is 23.8 Å². The highest BCUT2D eigenvalue weighted by Gasteiger charge is 2.41. The predicted molar refractivity (Wildman–Crippen MR) is 98.1 cm³/mol. The number of aliphatic hydroxyl groups is 2. The van der Waals surface area contributed by atoms with Crippen molar-refractivity contribution in [2.24, 2.45) is 0 Å². The minimum Gasteiger partial charge on any atom is -0.479 e. The van der Waals surface area contributed by atoms with E-state index in [1.165, 1.54) is 25.1 Å². The molecule has 1 saturated heterocycles. The molecular weight excluding hydrogens is 404 g/mol. The summed E-state index contributed by atoms with van der Waals surface area (Å²) >= 11 is 0. The van der Waals surface area contributed by atoms with Gasteiger partial charge in [0.2, 0.25) is 18.6 Å². The van der Waals surface area contributed by atoms with Crippen molar-refractivity contribution in [2.45, 2.75) is 50.6 Å². The Labute approximate surface area is 170 Å². The van der Waals surface area contributed by atoms with Crippen molar-refractivity contribution < 1.29 is 48.7 Å². The molecule has 5 atom stereocenters. The fourth-order valence-corrected chi connectivity index (χ4v) is 2.63. The quantitative estimate of drug-likeness (QED) is 0.283. The van der Waals surface area contributed by atoms with E-state index in [1.807, 2.05) is 0 Å². The van der Waals surface area contributed by atoms with Crippen molar-refractivity contribution in [3.63, 3.8) is 0 Å². The molecule has 5 N–H and O–H groups in total. The fraction of sp³-hybridized carbons (Fsp3) is 0.444. The first-order chi connectivity index (χ1) is 14.3. The van der Waals surface area contributed by atoms with Gasteiger partial charge in [-0.25, -0.2) is 4.79 Å². The Morgan fingerprint density at radius 3 is 2.70 bits per heavy atom. The van der Waals surface area contributed by atoms with Gasteiger partial charge in [0.1, 0.15) is 24.5 Å². The van der Waals surface area contributed by atoms with Gasteiger partial charge in [0.25, 0.3) is 6.47 Å². The van der Waals surface area contributed by atoms with Gasteiger partial charge in [-0.15, -0.1) is 0 Å². The summed E-state index contributed by atoms with van der Waals surface area (Å²) in [6.45, 7) is 1.56. The Hall–Kier alpha value is -3.22. The van der Waals surface area contributed by atoms with Crippen LogP contribution in [0, 0.1) is 0 Å². The monoisotopic (exact) mass is 426 g/mol. The second-order valence-corrected chi connectivity index (χ2v) is 6.48. The van der Waals surface area contributed by atoms with Gasteiger partial charge < -0.3 is 40.2 Å². The van der Waals surface area contributed by atoms with Crippen LogP contribution < -0.4 is 15.4 Å². The van der Waals surface area contributed by atoms with Crippen LogP contribution in [0.1, 0.15) is 18.9 Å². The van der Waals surface area contributed by atoms with Crippen molar-refractivity contribution >= 4 is 30.4 Å². The maximum absolute atomic E-state index is 12.2. The molecule has 1 aromatic rings. The van der Waals surface area contributed by atoms with Gasteiger partial charge in [0.15, 0.2) is 6.10 Å². The summed E-state index contributed by atoms with van der Waals surface area (Å²) in [7, 11) is 0. The third-order valence-electron chi connectivity index (χ3n) is 4.28. The fourth-order valence-electron chi connectivity index (χ4n) is 2.63. The maximum Gasteiger partial charge on any atom is 0.333 e. The minimum atomic E-state index is -1.56. The third-order valence-corrected chi connectivity index (χ3v) is 4.28. The number of aliphatic carboxylic acids is 1. The molecule has 3 unspecified atom stereocenters. The number of carbonyl (C=O) groups excluding carboxylic acids is 3. The number of nitrogens with one attached hydrogen (secondary N) is 2. The molecule has 12 heteroatoms. The average Bonchev–Trinajstić information content (AvgIpc) is 2.71. The Morgan fingerprint density at radius 2 is 2.07 bits per heavy atom. The van der Waals surface area contributed by atoms with E-state index in [2.05, 4.69) is 15.4 Å². The standard InChI is InChI=1S/C18H22N2O10/c1-9(19-7-21)16(25)20-11-3-2-10(6-28-8-22)4-13(11)29-18-15(24)12(23)5-14(30-18)17(26)27/h2-4,7-9,12,14-15,18,23-24H,5-6H2,1H3,(H,19,21)(H,20,25)(H,26,27)/t9-,12?,14?,15+,18?/m0/s1. The smallest absolute Gasteiger partial charge is 0.333 e. The second-order valence-electron chi connectivity index (χ2n) is 6.48. The third kappa shape index (κ3) is 5.89. The van der Waals surface area contributed by atoms with Crippen LogP contribution in [0.25, 0.3) is 0 Å². The highest BCUT2D eigenvalue weighted by Crippen LogP contribution is 2.31. The van der Waals surface area contributed by atoms with Gasteiger partial charge in [0.05, 0.1) is 11.8 Å². The van der Waals surface area contributed by atoms with Crippen molar-refractivity contribution in [3.8, 4) is 5.75 Å². The molecule has 12 nitrogen and oxygen atoms in total. The zero-order chi connectivity index (χ0) is 22.3. The second kappa shape index (κ2) is 10.5. The summed E-state index contributed by atoms with van der Waals surface area (Å²) in [5, 5.41) is 34.0. The van der Waals surface area contributed by atoms with Gasteiger partial charge in [-0.1, -0.05) is 6.07 Å². The molecule has 2 amide bonds. The van der Waals surface area contributed by atoms with E-state index in [-0.39, 0.29) is 30.9 Å². The summed E-state index contributed by atoms with van der Waals surface area (Å²) in [5.74, 6) is -1.97. The Kier molecular flexibility index (Phi) is 8.09. The van der Waals surface area contributed by atoms with E-state index in [9.17, 15) is 29.4 Å². The molecule has 30 heavy (non-hydrogen) atoms. The Morgan fingerprint density at radius 1 is 1.33 bits per heavy atom. The summed E-state index contributed by atoms with van der Waals surface area (Å²) in [5.41, 5.74) is 0.562. The SMILES string of the molecule is C[C@H](NC=O)C(=O)Nc1ccc(COC=O)cc1OC1OC(C(=O)O)CC(O)[C@H]1O. The number of aliphatic hydroxyl groups excluding tert-OH is 2. The molecule has 0 saturated carbocycles. The molecule has 1 aromatic carbocycles. The van der Waals surface area contributed by atoms with Gasteiger partial charge in [-0.2, -0.15) is 0 Å². The molecule has 0 aliphatic carbocycles. The molecule has 0 radical (unpaired) electrons. The molecule has 164 valence electrons. The number of benzene rings is 1. The number of carboxylic acids is 1. The lowest BCUT2D eigenvalue weighted by Crippen LogP contribution is -2.52. The molecular formula is C18H22N2O10.